The van der Waals surface area contributed by atoms with Crippen LogP contribution in [0.2, 0.25) is 0 Å². The summed E-state index contributed by atoms with van der Waals surface area (Å²) in [4.78, 5) is 25.2. The fourth-order valence-corrected chi connectivity index (χ4v) is 2.30. The molecule has 24 heavy (non-hydrogen) atoms. The maximum Gasteiger partial charge on any atom is 0.410 e. The van der Waals surface area contributed by atoms with Crippen molar-refractivity contribution in [1.82, 2.24) is 4.90 Å². The summed E-state index contributed by atoms with van der Waals surface area (Å²) in [6.45, 7) is 7.56. The highest BCUT2D eigenvalue weighted by atomic mass is 16.6. The van der Waals surface area contributed by atoms with E-state index < -0.39 is 17.7 Å². The van der Waals surface area contributed by atoms with E-state index in [4.69, 9.17) is 13.9 Å². The molecular formula is C18H23NO5. The first-order chi connectivity index (χ1) is 11.1. The van der Waals surface area contributed by atoms with Crippen molar-refractivity contribution >= 4 is 23.0 Å². The minimum Gasteiger partial charge on any atom is -0.465 e. The van der Waals surface area contributed by atoms with E-state index in [1.54, 1.807) is 13.1 Å². The zero-order valence-corrected chi connectivity index (χ0v) is 14.9. The summed E-state index contributed by atoms with van der Waals surface area (Å²) in [6.07, 6.45) is -0.422. The van der Waals surface area contributed by atoms with Crippen molar-refractivity contribution in [3.05, 3.63) is 35.1 Å². The summed E-state index contributed by atoms with van der Waals surface area (Å²) in [7, 11) is 2.99. The monoisotopic (exact) mass is 333 g/mol. The van der Waals surface area contributed by atoms with E-state index in [2.05, 4.69) is 0 Å². The smallest absolute Gasteiger partial charge is 0.410 e. The number of aryl methyl sites for hydroxylation is 1. The van der Waals surface area contributed by atoms with Gasteiger partial charge in [0.15, 0.2) is 0 Å². The van der Waals surface area contributed by atoms with Crippen molar-refractivity contribution in [3.63, 3.8) is 0 Å². The highest BCUT2D eigenvalue weighted by Crippen LogP contribution is 2.25. The first-order valence-electron chi connectivity index (χ1n) is 7.66. The molecule has 1 heterocycles. The molecule has 0 fully saturated rings. The van der Waals surface area contributed by atoms with Crippen molar-refractivity contribution in [3.8, 4) is 0 Å². The van der Waals surface area contributed by atoms with Gasteiger partial charge in [0.05, 0.1) is 19.2 Å². The highest BCUT2D eigenvalue weighted by molar-refractivity contribution is 5.95. The molecule has 0 atom stereocenters. The summed E-state index contributed by atoms with van der Waals surface area (Å²) in [5, 5.41) is 0.868. The molecule has 0 saturated heterocycles. The van der Waals surface area contributed by atoms with Crippen LogP contribution in [0.25, 0.3) is 11.0 Å². The second-order valence-corrected chi connectivity index (χ2v) is 6.75. The number of fused-ring (bicyclic) bond motifs is 1. The van der Waals surface area contributed by atoms with Gasteiger partial charge in [0.25, 0.3) is 0 Å². The first kappa shape index (κ1) is 17.8. The molecule has 6 heteroatoms. The lowest BCUT2D eigenvalue weighted by Gasteiger charge is -2.24. The van der Waals surface area contributed by atoms with Crippen LogP contribution < -0.4 is 0 Å². The van der Waals surface area contributed by atoms with E-state index in [0.717, 1.165) is 10.9 Å². The number of furan rings is 1. The van der Waals surface area contributed by atoms with Gasteiger partial charge in [0, 0.05) is 12.4 Å². The first-order valence-corrected chi connectivity index (χ1v) is 7.66. The van der Waals surface area contributed by atoms with E-state index in [0.29, 0.717) is 16.9 Å². The van der Waals surface area contributed by atoms with Gasteiger partial charge < -0.3 is 18.8 Å². The Morgan fingerprint density at radius 3 is 2.46 bits per heavy atom. The number of amides is 1. The zero-order chi connectivity index (χ0) is 18.1. The minimum atomic E-state index is -0.550. The Morgan fingerprint density at radius 2 is 1.88 bits per heavy atom. The van der Waals surface area contributed by atoms with E-state index in [9.17, 15) is 9.59 Å². The molecule has 0 aliphatic rings. The summed E-state index contributed by atoms with van der Waals surface area (Å²) >= 11 is 0. The van der Waals surface area contributed by atoms with E-state index in [-0.39, 0.29) is 6.54 Å². The summed E-state index contributed by atoms with van der Waals surface area (Å²) in [5.74, 6) is 0.206. The molecule has 0 aliphatic heterocycles. The number of esters is 1. The molecule has 2 rings (SSSR count). The van der Waals surface area contributed by atoms with Crippen LogP contribution in [0.1, 0.15) is 42.5 Å². The molecule has 1 amide bonds. The van der Waals surface area contributed by atoms with Gasteiger partial charge in [-0.25, -0.2) is 9.59 Å². The van der Waals surface area contributed by atoms with Gasteiger partial charge in [0.2, 0.25) is 0 Å². The molecule has 0 spiro atoms. The molecule has 0 unspecified atom stereocenters. The standard InChI is InChI=1S/C18H23NO5/c1-11-7-12-8-13(10-19(5)17(21)24-18(2,3)4)23-15(12)9-14(11)16(20)22-6/h7-9H,10H2,1-6H3. The van der Waals surface area contributed by atoms with E-state index >= 15 is 0 Å². The largest absolute Gasteiger partial charge is 0.465 e. The fraction of sp³-hybridized carbons (Fsp3) is 0.444. The van der Waals surface area contributed by atoms with Crippen molar-refractivity contribution in [1.29, 1.82) is 0 Å². The zero-order valence-electron chi connectivity index (χ0n) is 14.9. The Hall–Kier alpha value is -2.50. The van der Waals surface area contributed by atoms with Gasteiger partial charge in [0.1, 0.15) is 16.9 Å². The number of rotatable bonds is 3. The molecule has 6 nitrogen and oxygen atoms in total. The molecule has 0 bridgehead atoms. The lowest BCUT2D eigenvalue weighted by molar-refractivity contribution is 0.0275. The number of hydrogen-bond acceptors (Lipinski definition) is 5. The highest BCUT2D eigenvalue weighted by Gasteiger charge is 2.21. The van der Waals surface area contributed by atoms with Crippen LogP contribution >= 0.6 is 0 Å². The van der Waals surface area contributed by atoms with Crippen molar-refractivity contribution in [2.75, 3.05) is 14.2 Å². The lowest BCUT2D eigenvalue weighted by atomic mass is 10.1. The Labute approximate surface area is 141 Å². The van der Waals surface area contributed by atoms with Gasteiger partial charge >= 0.3 is 12.1 Å². The van der Waals surface area contributed by atoms with Crippen molar-refractivity contribution in [2.45, 2.75) is 39.8 Å². The predicted molar refractivity (Wildman–Crippen MR) is 90.0 cm³/mol. The SMILES string of the molecule is COC(=O)c1cc2oc(CN(C)C(=O)OC(C)(C)C)cc2cc1C. The van der Waals surface area contributed by atoms with Gasteiger partial charge in [-0.15, -0.1) is 0 Å². The second-order valence-electron chi connectivity index (χ2n) is 6.75. The number of benzene rings is 1. The number of carbonyl (C=O) groups is 2. The molecule has 130 valence electrons. The molecule has 1 aromatic heterocycles. The summed E-state index contributed by atoms with van der Waals surface area (Å²) in [6, 6.07) is 5.37. The molecule has 0 aliphatic carbocycles. The Balaban J connectivity index is 2.22. The number of nitrogens with zero attached hydrogens (tertiary/aromatic N) is 1. The average molecular weight is 333 g/mol. The van der Waals surface area contributed by atoms with E-state index in [1.807, 2.05) is 39.8 Å². The molecule has 2 aromatic rings. The normalized spacial score (nSPS) is 11.4. The van der Waals surface area contributed by atoms with Gasteiger partial charge in [-0.1, -0.05) is 0 Å². The van der Waals surface area contributed by atoms with Crippen LogP contribution in [0, 0.1) is 6.92 Å². The van der Waals surface area contributed by atoms with Crippen LogP contribution in [-0.4, -0.2) is 36.7 Å². The average Bonchev–Trinajstić information content (AvgIpc) is 2.84. The third kappa shape index (κ3) is 4.07. The van der Waals surface area contributed by atoms with Gasteiger partial charge in [-0.2, -0.15) is 0 Å². The molecule has 1 aromatic carbocycles. The quantitative estimate of drug-likeness (QED) is 0.797. The number of methoxy groups -OCH3 is 1. The van der Waals surface area contributed by atoms with Crippen LogP contribution in [0.5, 0.6) is 0 Å². The molecular weight excluding hydrogens is 310 g/mol. The maximum atomic E-state index is 12.0. The van der Waals surface area contributed by atoms with Crippen LogP contribution in [-0.2, 0) is 16.0 Å². The third-order valence-electron chi connectivity index (χ3n) is 3.42. The topological polar surface area (TPSA) is 69.0 Å². The maximum absolute atomic E-state index is 12.0. The molecule has 0 radical (unpaired) electrons. The van der Waals surface area contributed by atoms with Crippen LogP contribution in [0.4, 0.5) is 4.79 Å². The van der Waals surface area contributed by atoms with Gasteiger partial charge in [-0.05, 0) is 51.5 Å². The predicted octanol–water partition coefficient (Wildman–Crippen LogP) is 3.89. The van der Waals surface area contributed by atoms with Crippen LogP contribution in [0.3, 0.4) is 0 Å². The van der Waals surface area contributed by atoms with Gasteiger partial charge in [-0.3, -0.25) is 0 Å². The molecule has 0 saturated carbocycles. The Bertz CT molecular complexity index is 770. The summed E-state index contributed by atoms with van der Waals surface area (Å²) in [5.41, 5.74) is 1.30. The third-order valence-corrected chi connectivity index (χ3v) is 3.42. The Kier molecular flexibility index (Phi) is 4.87. The number of hydrogen-bond donors (Lipinski definition) is 0. The second kappa shape index (κ2) is 6.55. The van der Waals surface area contributed by atoms with Crippen LogP contribution in [0.15, 0.2) is 22.6 Å². The van der Waals surface area contributed by atoms with E-state index in [1.165, 1.54) is 12.0 Å². The minimum absolute atomic E-state index is 0.274. The number of ether oxygens (including phenoxy) is 2. The Morgan fingerprint density at radius 1 is 1.21 bits per heavy atom. The lowest BCUT2D eigenvalue weighted by Crippen LogP contribution is -2.33. The summed E-state index contributed by atoms with van der Waals surface area (Å²) < 4.78 is 15.8. The molecule has 0 N–H and O–H groups in total. The number of carbonyl (C=O) groups excluding carboxylic acids is 2. The fourth-order valence-electron chi connectivity index (χ4n) is 2.30. The van der Waals surface area contributed by atoms with Crippen molar-refractivity contribution < 1.29 is 23.5 Å². The van der Waals surface area contributed by atoms with Crippen molar-refractivity contribution in [2.24, 2.45) is 0 Å².